The summed E-state index contributed by atoms with van der Waals surface area (Å²) in [7, 11) is 0. The summed E-state index contributed by atoms with van der Waals surface area (Å²) in [5, 5.41) is 3.41. The largest absolute Gasteiger partial charge is 0.370 e. The van der Waals surface area contributed by atoms with Crippen LogP contribution in [0.2, 0.25) is 0 Å². The Kier molecular flexibility index (Phi) is 6.53. The first-order valence-corrected chi connectivity index (χ1v) is 9.67. The first-order chi connectivity index (χ1) is 11.8. The summed E-state index contributed by atoms with van der Waals surface area (Å²) in [5.74, 6) is 0.606. The third-order valence-corrected chi connectivity index (χ3v) is 5.34. The van der Waals surface area contributed by atoms with Gasteiger partial charge in [0.05, 0.1) is 6.54 Å². The van der Waals surface area contributed by atoms with Crippen molar-refractivity contribution >= 4 is 5.96 Å². The van der Waals surface area contributed by atoms with Crippen molar-refractivity contribution in [3.05, 3.63) is 35.4 Å². The van der Waals surface area contributed by atoms with E-state index in [0.29, 0.717) is 18.5 Å². The molecular weight excluding hydrogens is 296 g/mol. The van der Waals surface area contributed by atoms with Crippen molar-refractivity contribution in [2.24, 2.45) is 10.7 Å². The molecule has 132 valence electrons. The Bertz CT molecular complexity index is 528. The molecule has 0 aromatic heterocycles. The highest BCUT2D eigenvalue weighted by molar-refractivity contribution is 5.78. The van der Waals surface area contributed by atoms with Crippen molar-refractivity contribution in [1.29, 1.82) is 0 Å². The van der Waals surface area contributed by atoms with Gasteiger partial charge in [0.15, 0.2) is 5.96 Å². The third kappa shape index (κ3) is 5.23. The molecule has 3 rings (SSSR count). The van der Waals surface area contributed by atoms with Gasteiger partial charge >= 0.3 is 0 Å². The molecule has 0 atom stereocenters. The molecule has 0 bridgehead atoms. The van der Waals surface area contributed by atoms with Gasteiger partial charge in [0.25, 0.3) is 0 Å². The van der Waals surface area contributed by atoms with E-state index in [0.717, 1.165) is 6.54 Å². The van der Waals surface area contributed by atoms with Crippen molar-refractivity contribution in [1.82, 2.24) is 10.2 Å². The standard InChI is InChI=1S/C20H32N4/c21-20(23-19-11-3-1-4-12-19)22-15-17-9-5-6-10-18(17)16-24-13-7-2-8-14-24/h5-6,9-10,19H,1-4,7-8,11-16H2,(H3,21,22,23). The number of guanidine groups is 1. The maximum atomic E-state index is 6.12. The van der Waals surface area contributed by atoms with Crippen LogP contribution in [0.4, 0.5) is 0 Å². The second kappa shape index (κ2) is 9.07. The lowest BCUT2D eigenvalue weighted by Crippen LogP contribution is -2.41. The zero-order chi connectivity index (χ0) is 16.6. The van der Waals surface area contributed by atoms with Crippen LogP contribution in [0.1, 0.15) is 62.5 Å². The smallest absolute Gasteiger partial charge is 0.189 e. The number of piperidine rings is 1. The number of benzene rings is 1. The number of hydrogen-bond donors (Lipinski definition) is 2. The van der Waals surface area contributed by atoms with Gasteiger partial charge in [-0.2, -0.15) is 0 Å². The maximum absolute atomic E-state index is 6.12. The van der Waals surface area contributed by atoms with Gasteiger partial charge in [0.1, 0.15) is 0 Å². The van der Waals surface area contributed by atoms with Gasteiger partial charge in [0.2, 0.25) is 0 Å². The molecule has 1 aliphatic carbocycles. The molecule has 0 unspecified atom stereocenters. The van der Waals surface area contributed by atoms with Crippen LogP contribution in [0.5, 0.6) is 0 Å². The van der Waals surface area contributed by atoms with Crippen molar-refractivity contribution < 1.29 is 0 Å². The summed E-state index contributed by atoms with van der Waals surface area (Å²) >= 11 is 0. The molecule has 0 spiro atoms. The molecule has 4 heteroatoms. The quantitative estimate of drug-likeness (QED) is 0.643. The molecule has 1 saturated heterocycles. The van der Waals surface area contributed by atoms with Gasteiger partial charge in [0, 0.05) is 12.6 Å². The van der Waals surface area contributed by atoms with Crippen LogP contribution >= 0.6 is 0 Å². The molecule has 0 radical (unpaired) electrons. The van der Waals surface area contributed by atoms with Crippen molar-refractivity contribution in [3.63, 3.8) is 0 Å². The van der Waals surface area contributed by atoms with Crippen LogP contribution < -0.4 is 11.1 Å². The lowest BCUT2D eigenvalue weighted by molar-refractivity contribution is 0.220. The zero-order valence-corrected chi connectivity index (χ0v) is 14.8. The summed E-state index contributed by atoms with van der Waals surface area (Å²) in [5.41, 5.74) is 8.81. The van der Waals surface area contributed by atoms with Gasteiger partial charge in [-0.05, 0) is 49.9 Å². The molecule has 2 fully saturated rings. The molecule has 24 heavy (non-hydrogen) atoms. The van der Waals surface area contributed by atoms with Crippen LogP contribution in [0, 0.1) is 0 Å². The number of rotatable bonds is 5. The van der Waals surface area contributed by atoms with Crippen LogP contribution in [0.3, 0.4) is 0 Å². The Hall–Kier alpha value is -1.55. The summed E-state index contributed by atoms with van der Waals surface area (Å²) in [4.78, 5) is 7.17. The third-order valence-electron chi connectivity index (χ3n) is 5.34. The number of aliphatic imine (C=N–C) groups is 1. The average Bonchev–Trinajstić information content (AvgIpc) is 2.63. The molecule has 1 saturated carbocycles. The molecule has 1 aromatic rings. The van der Waals surface area contributed by atoms with E-state index in [4.69, 9.17) is 5.73 Å². The highest BCUT2D eigenvalue weighted by atomic mass is 15.1. The van der Waals surface area contributed by atoms with E-state index >= 15 is 0 Å². The fourth-order valence-corrected chi connectivity index (χ4v) is 3.90. The van der Waals surface area contributed by atoms with E-state index in [-0.39, 0.29) is 0 Å². The minimum atomic E-state index is 0.520. The Morgan fingerprint density at radius 3 is 2.42 bits per heavy atom. The van der Waals surface area contributed by atoms with E-state index in [1.807, 2.05) is 0 Å². The van der Waals surface area contributed by atoms with E-state index in [9.17, 15) is 0 Å². The van der Waals surface area contributed by atoms with Crippen molar-refractivity contribution in [2.75, 3.05) is 13.1 Å². The number of nitrogens with two attached hydrogens (primary N) is 1. The summed E-state index contributed by atoms with van der Waals surface area (Å²) in [6, 6.07) is 9.19. The Balaban J connectivity index is 1.56. The van der Waals surface area contributed by atoms with Gasteiger partial charge in [-0.1, -0.05) is 49.9 Å². The molecule has 3 N–H and O–H groups in total. The Labute approximate surface area is 146 Å². The van der Waals surface area contributed by atoms with Crippen molar-refractivity contribution in [2.45, 2.75) is 70.5 Å². The van der Waals surface area contributed by atoms with Gasteiger partial charge < -0.3 is 11.1 Å². The fourth-order valence-electron chi connectivity index (χ4n) is 3.90. The minimum absolute atomic E-state index is 0.520. The molecule has 1 heterocycles. The highest BCUT2D eigenvalue weighted by Crippen LogP contribution is 2.18. The fraction of sp³-hybridized carbons (Fsp3) is 0.650. The predicted molar refractivity (Wildman–Crippen MR) is 101 cm³/mol. The molecule has 1 aliphatic heterocycles. The lowest BCUT2D eigenvalue weighted by atomic mass is 9.96. The highest BCUT2D eigenvalue weighted by Gasteiger charge is 2.14. The second-order valence-corrected chi connectivity index (χ2v) is 7.29. The van der Waals surface area contributed by atoms with Gasteiger partial charge in [-0.25, -0.2) is 4.99 Å². The van der Waals surface area contributed by atoms with Crippen LogP contribution in [-0.2, 0) is 13.1 Å². The number of nitrogens with one attached hydrogen (secondary N) is 1. The topological polar surface area (TPSA) is 53.6 Å². The first kappa shape index (κ1) is 17.3. The monoisotopic (exact) mass is 328 g/mol. The zero-order valence-electron chi connectivity index (χ0n) is 14.8. The second-order valence-electron chi connectivity index (χ2n) is 7.29. The number of nitrogens with zero attached hydrogens (tertiary/aromatic N) is 2. The molecule has 1 aromatic carbocycles. The Morgan fingerprint density at radius 1 is 1.00 bits per heavy atom. The maximum Gasteiger partial charge on any atom is 0.189 e. The SMILES string of the molecule is NC(=NCc1ccccc1CN1CCCCC1)NC1CCCCC1. The van der Waals surface area contributed by atoms with E-state index in [2.05, 4.69) is 39.5 Å². The minimum Gasteiger partial charge on any atom is -0.370 e. The predicted octanol–water partition coefficient (Wildman–Crippen LogP) is 3.41. The Morgan fingerprint density at radius 2 is 1.67 bits per heavy atom. The van der Waals surface area contributed by atoms with Gasteiger partial charge in [-0.3, -0.25) is 4.90 Å². The van der Waals surface area contributed by atoms with E-state index < -0.39 is 0 Å². The van der Waals surface area contributed by atoms with E-state index in [1.165, 1.54) is 75.6 Å². The summed E-state index contributed by atoms with van der Waals surface area (Å²) < 4.78 is 0. The van der Waals surface area contributed by atoms with E-state index in [1.54, 1.807) is 0 Å². The summed E-state index contributed by atoms with van der Waals surface area (Å²) in [6.45, 7) is 4.17. The normalized spacial score (nSPS) is 20.9. The molecule has 4 nitrogen and oxygen atoms in total. The summed E-state index contributed by atoms with van der Waals surface area (Å²) in [6.07, 6.45) is 10.5. The van der Waals surface area contributed by atoms with Gasteiger partial charge in [-0.15, -0.1) is 0 Å². The lowest BCUT2D eigenvalue weighted by Gasteiger charge is -2.27. The molecule has 2 aliphatic rings. The molecular formula is C20H32N4. The van der Waals surface area contributed by atoms with Crippen LogP contribution in [0.15, 0.2) is 29.3 Å². The van der Waals surface area contributed by atoms with Crippen molar-refractivity contribution in [3.8, 4) is 0 Å². The number of hydrogen-bond acceptors (Lipinski definition) is 2. The van der Waals surface area contributed by atoms with Crippen LogP contribution in [-0.4, -0.2) is 30.0 Å². The number of likely N-dealkylation sites (tertiary alicyclic amines) is 1. The molecule has 0 amide bonds. The van der Waals surface area contributed by atoms with Crippen LogP contribution in [0.25, 0.3) is 0 Å². The first-order valence-electron chi connectivity index (χ1n) is 9.67. The average molecular weight is 329 g/mol.